The average Bonchev–Trinajstić information content (AvgIpc) is 2.94. The van der Waals surface area contributed by atoms with Gasteiger partial charge in [-0.25, -0.2) is 9.66 Å². The van der Waals surface area contributed by atoms with E-state index >= 15 is 0 Å². The second-order valence-electron chi connectivity index (χ2n) is 5.56. The summed E-state index contributed by atoms with van der Waals surface area (Å²) in [7, 11) is 0. The van der Waals surface area contributed by atoms with Crippen molar-refractivity contribution in [1.82, 2.24) is 14.6 Å². The van der Waals surface area contributed by atoms with Crippen LogP contribution in [-0.4, -0.2) is 40.9 Å². The highest BCUT2D eigenvalue weighted by Gasteiger charge is 2.24. The molecule has 0 spiro atoms. The first-order chi connectivity index (χ1) is 11.2. The summed E-state index contributed by atoms with van der Waals surface area (Å²) in [6, 6.07) is 2.04. The predicted octanol–water partition coefficient (Wildman–Crippen LogP) is 3.28. The van der Waals surface area contributed by atoms with E-state index in [0.717, 1.165) is 29.8 Å². The fourth-order valence-corrected chi connectivity index (χ4v) is 3.17. The largest absolute Gasteiger partial charge is 0.347 e. The van der Waals surface area contributed by atoms with E-state index < -0.39 is 6.29 Å². The molecule has 0 bridgehead atoms. The molecule has 0 amide bonds. The summed E-state index contributed by atoms with van der Waals surface area (Å²) in [5, 5.41) is 3.50. The van der Waals surface area contributed by atoms with Gasteiger partial charge in [-0.3, -0.25) is 0 Å². The monoisotopic (exact) mass is 338 g/mol. The Hall–Kier alpha value is -1.37. The number of fused-ring (bicyclic) bond motifs is 1. The molecule has 3 heterocycles. The molecule has 0 radical (unpaired) electrons. The number of hydrogen-bond acceptors (Lipinski definition) is 5. The number of aromatic nitrogens is 3. The first-order valence-electron chi connectivity index (χ1n) is 8.27. The molecule has 0 aliphatic carbocycles. The summed E-state index contributed by atoms with van der Waals surface area (Å²) in [6.07, 6.45) is 4.95. The molecule has 0 unspecified atom stereocenters. The predicted molar refractivity (Wildman–Crippen MR) is 90.3 cm³/mol. The number of halogens is 1. The molecule has 6 nitrogen and oxygen atoms in total. The third-order valence-corrected chi connectivity index (χ3v) is 4.19. The molecule has 126 valence electrons. The van der Waals surface area contributed by atoms with E-state index in [1.54, 1.807) is 6.20 Å². The van der Waals surface area contributed by atoms with Crippen LogP contribution in [0.3, 0.4) is 0 Å². The molecule has 23 heavy (non-hydrogen) atoms. The standard InChI is InChI=1S/C16H23ClN4O2/c1-3-22-15(23-4-2)13-10-12-11-18-16(17)19-14(12)21(13)20-8-6-5-7-9-20/h10-11,15H,3-9H2,1-2H3. The summed E-state index contributed by atoms with van der Waals surface area (Å²) in [6.45, 7) is 7.08. The fourth-order valence-electron chi connectivity index (χ4n) is 3.04. The van der Waals surface area contributed by atoms with Gasteiger partial charge in [0.15, 0.2) is 5.65 Å². The second-order valence-corrected chi connectivity index (χ2v) is 5.89. The molecule has 2 aromatic heterocycles. The summed E-state index contributed by atoms with van der Waals surface area (Å²) >= 11 is 6.02. The van der Waals surface area contributed by atoms with Gasteiger partial charge < -0.3 is 14.5 Å². The molecule has 1 fully saturated rings. The minimum Gasteiger partial charge on any atom is -0.347 e. The number of nitrogens with zero attached hydrogens (tertiary/aromatic N) is 4. The van der Waals surface area contributed by atoms with Crippen LogP contribution in [0, 0.1) is 0 Å². The van der Waals surface area contributed by atoms with Crippen LogP contribution in [0.4, 0.5) is 0 Å². The van der Waals surface area contributed by atoms with E-state index in [9.17, 15) is 0 Å². The van der Waals surface area contributed by atoms with Crippen molar-refractivity contribution < 1.29 is 9.47 Å². The van der Waals surface area contributed by atoms with E-state index in [1.807, 2.05) is 19.9 Å². The van der Waals surface area contributed by atoms with E-state index in [4.69, 9.17) is 21.1 Å². The fraction of sp³-hybridized carbons (Fsp3) is 0.625. The van der Waals surface area contributed by atoms with Crippen LogP contribution in [0.25, 0.3) is 11.0 Å². The highest BCUT2D eigenvalue weighted by molar-refractivity contribution is 6.28. The zero-order chi connectivity index (χ0) is 16.2. The summed E-state index contributed by atoms with van der Waals surface area (Å²) < 4.78 is 13.7. The minimum atomic E-state index is -0.417. The van der Waals surface area contributed by atoms with Crippen molar-refractivity contribution in [2.45, 2.75) is 39.4 Å². The van der Waals surface area contributed by atoms with Crippen molar-refractivity contribution >= 4 is 22.6 Å². The molecule has 0 saturated carbocycles. The van der Waals surface area contributed by atoms with Gasteiger partial charge >= 0.3 is 0 Å². The lowest BCUT2D eigenvalue weighted by Gasteiger charge is -2.33. The molecule has 0 atom stereocenters. The lowest BCUT2D eigenvalue weighted by atomic mass is 10.2. The Bertz CT molecular complexity index is 649. The lowest BCUT2D eigenvalue weighted by Crippen LogP contribution is -2.40. The second kappa shape index (κ2) is 7.47. The molecule has 1 saturated heterocycles. The quantitative estimate of drug-likeness (QED) is 0.597. The summed E-state index contributed by atoms with van der Waals surface area (Å²) in [4.78, 5) is 8.54. The maximum Gasteiger partial charge on any atom is 0.224 e. The summed E-state index contributed by atoms with van der Waals surface area (Å²) in [5.41, 5.74) is 1.76. The number of rotatable bonds is 6. The van der Waals surface area contributed by atoms with Gasteiger partial charge in [0.05, 0.1) is 5.69 Å². The molecule has 0 aromatic carbocycles. The van der Waals surface area contributed by atoms with Gasteiger partial charge in [0, 0.05) is 37.9 Å². The molecule has 1 aliphatic rings. The van der Waals surface area contributed by atoms with E-state index in [-0.39, 0.29) is 5.28 Å². The van der Waals surface area contributed by atoms with Crippen LogP contribution >= 0.6 is 11.6 Å². The highest BCUT2D eigenvalue weighted by atomic mass is 35.5. The van der Waals surface area contributed by atoms with Crippen molar-refractivity contribution in [3.63, 3.8) is 0 Å². The maximum absolute atomic E-state index is 6.02. The third-order valence-electron chi connectivity index (χ3n) is 4.01. The molecule has 0 N–H and O–H groups in total. The van der Waals surface area contributed by atoms with Crippen LogP contribution in [0.1, 0.15) is 45.1 Å². The summed E-state index contributed by atoms with van der Waals surface area (Å²) in [5.74, 6) is 0. The minimum absolute atomic E-state index is 0.254. The van der Waals surface area contributed by atoms with Crippen molar-refractivity contribution in [2.24, 2.45) is 0 Å². The number of hydrogen-bond donors (Lipinski definition) is 0. The normalized spacial score (nSPS) is 15.7. The first-order valence-corrected chi connectivity index (χ1v) is 8.64. The van der Waals surface area contributed by atoms with E-state index in [0.29, 0.717) is 13.2 Å². The zero-order valence-corrected chi connectivity index (χ0v) is 14.4. The Balaban J connectivity index is 2.10. The van der Waals surface area contributed by atoms with Crippen LogP contribution in [0.2, 0.25) is 5.28 Å². The van der Waals surface area contributed by atoms with Gasteiger partial charge in [0.2, 0.25) is 11.6 Å². The Kier molecular flexibility index (Phi) is 5.35. The van der Waals surface area contributed by atoms with Crippen LogP contribution in [0.15, 0.2) is 12.3 Å². The van der Waals surface area contributed by atoms with Crippen LogP contribution < -0.4 is 5.01 Å². The van der Waals surface area contributed by atoms with Gasteiger partial charge in [-0.15, -0.1) is 0 Å². The highest BCUT2D eigenvalue weighted by Crippen LogP contribution is 2.28. The number of ether oxygens (including phenoxy) is 2. The molecule has 2 aromatic rings. The Morgan fingerprint density at radius 2 is 1.87 bits per heavy atom. The molecular formula is C16H23ClN4O2. The Labute approximate surface area is 141 Å². The smallest absolute Gasteiger partial charge is 0.224 e. The number of piperidine rings is 1. The van der Waals surface area contributed by atoms with E-state index in [2.05, 4.69) is 19.7 Å². The van der Waals surface area contributed by atoms with Gasteiger partial charge in [-0.05, 0) is 50.8 Å². The molecule has 7 heteroatoms. The topological polar surface area (TPSA) is 52.4 Å². The maximum atomic E-state index is 6.02. The van der Waals surface area contributed by atoms with Crippen molar-refractivity contribution in [3.05, 3.63) is 23.2 Å². The van der Waals surface area contributed by atoms with Crippen molar-refractivity contribution in [3.8, 4) is 0 Å². The Morgan fingerprint density at radius 1 is 1.17 bits per heavy atom. The SMILES string of the molecule is CCOC(OCC)c1cc2cnc(Cl)nc2n1N1CCCCC1. The lowest BCUT2D eigenvalue weighted by molar-refractivity contribution is -0.144. The van der Waals surface area contributed by atoms with Gasteiger partial charge in [0.25, 0.3) is 0 Å². The third kappa shape index (κ3) is 3.44. The van der Waals surface area contributed by atoms with E-state index in [1.165, 1.54) is 19.3 Å². The van der Waals surface area contributed by atoms with Crippen LogP contribution in [-0.2, 0) is 9.47 Å². The van der Waals surface area contributed by atoms with Crippen molar-refractivity contribution in [1.29, 1.82) is 0 Å². The van der Waals surface area contributed by atoms with Gasteiger partial charge in [-0.1, -0.05) is 0 Å². The molecular weight excluding hydrogens is 316 g/mol. The average molecular weight is 339 g/mol. The Morgan fingerprint density at radius 3 is 2.52 bits per heavy atom. The van der Waals surface area contributed by atoms with Crippen molar-refractivity contribution in [2.75, 3.05) is 31.3 Å². The molecule has 1 aliphatic heterocycles. The van der Waals surface area contributed by atoms with Gasteiger partial charge in [0.1, 0.15) is 0 Å². The molecule has 3 rings (SSSR count). The zero-order valence-electron chi connectivity index (χ0n) is 13.7. The van der Waals surface area contributed by atoms with Gasteiger partial charge in [-0.2, -0.15) is 4.98 Å². The van der Waals surface area contributed by atoms with Crippen LogP contribution in [0.5, 0.6) is 0 Å². The first kappa shape index (κ1) is 16.5.